The molecule has 14 heavy (non-hydrogen) atoms. The van der Waals surface area contributed by atoms with Gasteiger partial charge >= 0.3 is 5.97 Å². The summed E-state index contributed by atoms with van der Waals surface area (Å²) in [5.41, 5.74) is 1.61. The van der Waals surface area contributed by atoms with E-state index in [0.29, 0.717) is 5.69 Å². The molecule has 2 N–H and O–H groups in total. The number of hydrogen-bond donors (Lipinski definition) is 2. The smallest absolute Gasteiger partial charge is 0.337 e. The molecule has 2 aromatic rings. The molecule has 0 saturated heterocycles. The largest absolute Gasteiger partial charge is 0.478 e. The number of aromatic amines is 1. The Labute approximate surface area is 79.4 Å². The van der Waals surface area contributed by atoms with E-state index in [0.717, 1.165) is 5.69 Å². The van der Waals surface area contributed by atoms with Crippen molar-refractivity contribution in [2.45, 2.75) is 0 Å². The number of H-pyrrole nitrogens is 1. The Kier molecular flexibility index (Phi) is 1.98. The monoisotopic (exact) mass is 189 g/mol. The standard InChI is InChI=1S/C9H7N3O2/c13-9(14)6-1-2-7(10-5-6)8-3-4-11-12-8/h1-5H,(H,11,12)(H,13,14). The van der Waals surface area contributed by atoms with Crippen molar-refractivity contribution in [3.05, 3.63) is 36.2 Å². The van der Waals surface area contributed by atoms with E-state index in [4.69, 9.17) is 5.11 Å². The predicted molar refractivity (Wildman–Crippen MR) is 48.8 cm³/mol. The molecule has 0 spiro atoms. The number of hydrogen-bond acceptors (Lipinski definition) is 3. The molecule has 0 aliphatic carbocycles. The Morgan fingerprint density at radius 3 is 2.71 bits per heavy atom. The number of rotatable bonds is 2. The van der Waals surface area contributed by atoms with Crippen LogP contribution in [0, 0.1) is 0 Å². The van der Waals surface area contributed by atoms with Gasteiger partial charge in [0.15, 0.2) is 0 Å². The number of nitrogens with one attached hydrogen (secondary N) is 1. The first-order valence-electron chi connectivity index (χ1n) is 3.96. The maximum atomic E-state index is 10.5. The van der Waals surface area contributed by atoms with Crippen molar-refractivity contribution in [1.82, 2.24) is 15.2 Å². The Hall–Kier alpha value is -2.17. The second kappa shape index (κ2) is 3.29. The fourth-order valence-corrected chi connectivity index (χ4v) is 1.08. The van der Waals surface area contributed by atoms with Crippen LogP contribution in [-0.2, 0) is 0 Å². The average molecular weight is 189 g/mol. The molecule has 0 radical (unpaired) electrons. The normalized spacial score (nSPS) is 10.0. The minimum atomic E-state index is -0.978. The van der Waals surface area contributed by atoms with Gasteiger partial charge in [0.2, 0.25) is 0 Å². The van der Waals surface area contributed by atoms with Gasteiger partial charge in [-0.05, 0) is 18.2 Å². The molecule has 0 atom stereocenters. The zero-order valence-corrected chi connectivity index (χ0v) is 7.14. The summed E-state index contributed by atoms with van der Waals surface area (Å²) in [5.74, 6) is -0.978. The number of nitrogens with zero attached hydrogens (tertiary/aromatic N) is 2. The van der Waals surface area contributed by atoms with Crippen molar-refractivity contribution in [2.24, 2.45) is 0 Å². The Balaban J connectivity index is 2.36. The first-order chi connectivity index (χ1) is 6.77. The summed E-state index contributed by atoms with van der Waals surface area (Å²) in [6, 6.07) is 4.91. The van der Waals surface area contributed by atoms with Crippen molar-refractivity contribution in [3.8, 4) is 11.4 Å². The molecule has 0 fully saturated rings. The van der Waals surface area contributed by atoms with Crippen LogP contribution >= 0.6 is 0 Å². The summed E-state index contributed by atoms with van der Waals surface area (Å²) in [6.07, 6.45) is 2.93. The molecule has 2 aromatic heterocycles. The number of carbonyl (C=O) groups is 1. The molecule has 5 heteroatoms. The number of aromatic nitrogens is 3. The number of carboxylic acid groups (broad SMARTS) is 1. The van der Waals surface area contributed by atoms with E-state index in [1.54, 1.807) is 18.3 Å². The van der Waals surface area contributed by atoms with E-state index in [-0.39, 0.29) is 5.56 Å². The Morgan fingerprint density at radius 2 is 2.21 bits per heavy atom. The Bertz CT molecular complexity index is 434. The Morgan fingerprint density at radius 1 is 1.36 bits per heavy atom. The van der Waals surface area contributed by atoms with Gasteiger partial charge in [0.25, 0.3) is 0 Å². The van der Waals surface area contributed by atoms with Gasteiger partial charge in [0.05, 0.1) is 17.0 Å². The quantitative estimate of drug-likeness (QED) is 0.743. The first-order valence-corrected chi connectivity index (χ1v) is 3.96. The van der Waals surface area contributed by atoms with E-state index in [2.05, 4.69) is 15.2 Å². The molecule has 0 aromatic carbocycles. The van der Waals surface area contributed by atoms with Gasteiger partial charge in [0, 0.05) is 12.4 Å². The number of carboxylic acids is 1. The molecule has 0 amide bonds. The van der Waals surface area contributed by atoms with Crippen LogP contribution in [0.3, 0.4) is 0 Å². The molecule has 0 saturated carbocycles. The fourth-order valence-electron chi connectivity index (χ4n) is 1.08. The third-order valence-corrected chi connectivity index (χ3v) is 1.79. The second-order valence-electron chi connectivity index (χ2n) is 2.71. The first kappa shape index (κ1) is 8.43. The van der Waals surface area contributed by atoms with Gasteiger partial charge in [-0.3, -0.25) is 10.1 Å². The third kappa shape index (κ3) is 1.47. The van der Waals surface area contributed by atoms with Crippen molar-refractivity contribution in [1.29, 1.82) is 0 Å². The van der Waals surface area contributed by atoms with E-state index >= 15 is 0 Å². The molecule has 0 bridgehead atoms. The van der Waals surface area contributed by atoms with Crippen LogP contribution in [0.5, 0.6) is 0 Å². The summed E-state index contributed by atoms with van der Waals surface area (Å²) in [7, 11) is 0. The van der Waals surface area contributed by atoms with E-state index in [1.807, 2.05) is 0 Å². The zero-order chi connectivity index (χ0) is 9.97. The second-order valence-corrected chi connectivity index (χ2v) is 2.71. The zero-order valence-electron chi connectivity index (χ0n) is 7.14. The molecule has 0 aliphatic rings. The van der Waals surface area contributed by atoms with Crippen LogP contribution in [0.2, 0.25) is 0 Å². The van der Waals surface area contributed by atoms with Gasteiger partial charge in [0.1, 0.15) is 0 Å². The molecular formula is C9H7N3O2. The van der Waals surface area contributed by atoms with E-state index in [9.17, 15) is 4.79 Å². The summed E-state index contributed by atoms with van der Waals surface area (Å²) >= 11 is 0. The van der Waals surface area contributed by atoms with Gasteiger partial charge in [-0.1, -0.05) is 0 Å². The minimum absolute atomic E-state index is 0.174. The highest BCUT2D eigenvalue weighted by Crippen LogP contribution is 2.12. The van der Waals surface area contributed by atoms with Gasteiger partial charge in [-0.25, -0.2) is 4.79 Å². The number of aromatic carboxylic acids is 1. The van der Waals surface area contributed by atoms with Crippen molar-refractivity contribution >= 4 is 5.97 Å². The SMILES string of the molecule is O=C(O)c1ccc(-c2ccn[nH]2)nc1. The third-order valence-electron chi connectivity index (χ3n) is 1.79. The van der Waals surface area contributed by atoms with Crippen LogP contribution in [0.25, 0.3) is 11.4 Å². The minimum Gasteiger partial charge on any atom is -0.478 e. The molecule has 70 valence electrons. The van der Waals surface area contributed by atoms with Gasteiger partial charge in [-0.15, -0.1) is 0 Å². The van der Waals surface area contributed by atoms with Crippen LogP contribution in [0.15, 0.2) is 30.6 Å². The lowest BCUT2D eigenvalue weighted by molar-refractivity contribution is 0.0696. The fraction of sp³-hybridized carbons (Fsp3) is 0. The molecule has 2 heterocycles. The number of pyridine rings is 1. The topological polar surface area (TPSA) is 78.9 Å². The summed E-state index contributed by atoms with van der Waals surface area (Å²) in [5, 5.41) is 15.2. The van der Waals surface area contributed by atoms with Gasteiger partial charge < -0.3 is 5.11 Å². The molecule has 0 aliphatic heterocycles. The van der Waals surface area contributed by atoms with E-state index < -0.39 is 5.97 Å². The molecule has 5 nitrogen and oxygen atoms in total. The van der Waals surface area contributed by atoms with Crippen molar-refractivity contribution < 1.29 is 9.90 Å². The molecular weight excluding hydrogens is 182 g/mol. The lowest BCUT2D eigenvalue weighted by Gasteiger charge is -1.96. The predicted octanol–water partition coefficient (Wildman–Crippen LogP) is 1.17. The highest BCUT2D eigenvalue weighted by atomic mass is 16.4. The molecule has 0 unspecified atom stereocenters. The highest BCUT2D eigenvalue weighted by molar-refractivity contribution is 5.87. The van der Waals surface area contributed by atoms with Crippen molar-refractivity contribution in [3.63, 3.8) is 0 Å². The van der Waals surface area contributed by atoms with Crippen LogP contribution in [0.4, 0.5) is 0 Å². The summed E-state index contributed by atoms with van der Waals surface area (Å²) in [4.78, 5) is 14.5. The lowest BCUT2D eigenvalue weighted by atomic mass is 10.2. The van der Waals surface area contributed by atoms with Crippen molar-refractivity contribution in [2.75, 3.05) is 0 Å². The highest BCUT2D eigenvalue weighted by Gasteiger charge is 2.04. The molecule has 2 rings (SSSR count). The summed E-state index contributed by atoms with van der Waals surface area (Å²) < 4.78 is 0. The van der Waals surface area contributed by atoms with E-state index in [1.165, 1.54) is 12.3 Å². The lowest BCUT2D eigenvalue weighted by Crippen LogP contribution is -1.97. The average Bonchev–Trinajstić information content (AvgIpc) is 2.71. The van der Waals surface area contributed by atoms with Gasteiger partial charge in [-0.2, -0.15) is 5.10 Å². The maximum Gasteiger partial charge on any atom is 0.337 e. The van der Waals surface area contributed by atoms with Crippen LogP contribution in [-0.4, -0.2) is 26.3 Å². The summed E-state index contributed by atoms with van der Waals surface area (Å²) in [6.45, 7) is 0. The maximum absolute atomic E-state index is 10.5. The van der Waals surface area contributed by atoms with Crippen LogP contribution < -0.4 is 0 Å². The van der Waals surface area contributed by atoms with Crippen LogP contribution in [0.1, 0.15) is 10.4 Å².